The van der Waals surface area contributed by atoms with E-state index in [4.69, 9.17) is 4.74 Å². The molecule has 77 valence electrons. The molecular weight excluding hydrogens is 180 g/mol. The van der Waals surface area contributed by atoms with Crippen LogP contribution in [-0.4, -0.2) is 49.4 Å². The second-order valence-corrected chi connectivity index (χ2v) is 3.39. The molecule has 0 bridgehead atoms. The summed E-state index contributed by atoms with van der Waals surface area (Å²) in [6, 6.07) is 0. The minimum atomic E-state index is 0.802. The highest BCUT2D eigenvalue weighted by Gasteiger charge is 2.17. The molecule has 5 heteroatoms. The summed E-state index contributed by atoms with van der Waals surface area (Å²) in [7, 11) is 0. The SMILES string of the molecule is CCC1=NN=C(CN2CCOCC2)[N]1. The molecule has 0 amide bonds. The standard InChI is InChI=1S/C9H15N4O/c1-2-8-10-9(12-11-8)7-13-3-5-14-6-4-13/h2-7H2,1H3. The third-order valence-corrected chi connectivity index (χ3v) is 2.32. The number of amidine groups is 2. The van der Waals surface area contributed by atoms with Crippen LogP contribution < -0.4 is 5.32 Å². The van der Waals surface area contributed by atoms with Crippen molar-refractivity contribution < 1.29 is 4.74 Å². The fourth-order valence-electron chi connectivity index (χ4n) is 1.49. The molecule has 2 heterocycles. The van der Waals surface area contributed by atoms with E-state index in [2.05, 4.69) is 20.4 Å². The molecular formula is C9H15N4O. The lowest BCUT2D eigenvalue weighted by molar-refractivity contribution is 0.0451. The van der Waals surface area contributed by atoms with Gasteiger partial charge in [-0.15, -0.1) is 10.2 Å². The number of hydrogen-bond donors (Lipinski definition) is 0. The van der Waals surface area contributed by atoms with Crippen molar-refractivity contribution in [1.29, 1.82) is 0 Å². The lowest BCUT2D eigenvalue weighted by atomic mass is 10.4. The third kappa shape index (κ3) is 2.30. The normalized spacial score (nSPS) is 22.9. The van der Waals surface area contributed by atoms with Gasteiger partial charge in [-0.25, -0.2) is 5.32 Å². The number of ether oxygens (including phenoxy) is 1. The van der Waals surface area contributed by atoms with Crippen LogP contribution in [0.5, 0.6) is 0 Å². The highest BCUT2D eigenvalue weighted by Crippen LogP contribution is 2.01. The van der Waals surface area contributed by atoms with Crippen molar-refractivity contribution >= 4 is 11.7 Å². The highest BCUT2D eigenvalue weighted by atomic mass is 16.5. The minimum Gasteiger partial charge on any atom is -0.379 e. The van der Waals surface area contributed by atoms with Crippen molar-refractivity contribution in [2.75, 3.05) is 32.8 Å². The quantitative estimate of drug-likeness (QED) is 0.639. The van der Waals surface area contributed by atoms with Crippen LogP contribution >= 0.6 is 0 Å². The Morgan fingerprint density at radius 1 is 1.21 bits per heavy atom. The van der Waals surface area contributed by atoms with E-state index in [9.17, 15) is 0 Å². The number of rotatable bonds is 3. The van der Waals surface area contributed by atoms with Gasteiger partial charge in [-0.2, -0.15) is 0 Å². The average molecular weight is 195 g/mol. The molecule has 1 fully saturated rings. The lowest BCUT2D eigenvalue weighted by Gasteiger charge is -2.25. The third-order valence-electron chi connectivity index (χ3n) is 2.32. The molecule has 1 radical (unpaired) electrons. The fraction of sp³-hybridized carbons (Fsp3) is 0.778. The summed E-state index contributed by atoms with van der Waals surface area (Å²) in [5.74, 6) is 1.68. The van der Waals surface area contributed by atoms with E-state index < -0.39 is 0 Å². The van der Waals surface area contributed by atoms with Crippen molar-refractivity contribution in [2.24, 2.45) is 10.2 Å². The van der Waals surface area contributed by atoms with Gasteiger partial charge in [-0.1, -0.05) is 6.92 Å². The van der Waals surface area contributed by atoms with Crippen molar-refractivity contribution in [3.63, 3.8) is 0 Å². The van der Waals surface area contributed by atoms with Crippen LogP contribution in [0.1, 0.15) is 13.3 Å². The van der Waals surface area contributed by atoms with Crippen molar-refractivity contribution in [2.45, 2.75) is 13.3 Å². The highest BCUT2D eigenvalue weighted by molar-refractivity contribution is 6.04. The second kappa shape index (κ2) is 4.52. The van der Waals surface area contributed by atoms with Crippen LogP contribution in [0.15, 0.2) is 10.2 Å². The van der Waals surface area contributed by atoms with E-state index in [0.717, 1.165) is 50.9 Å². The first-order valence-corrected chi connectivity index (χ1v) is 5.03. The summed E-state index contributed by atoms with van der Waals surface area (Å²) >= 11 is 0. The van der Waals surface area contributed by atoms with E-state index in [-0.39, 0.29) is 0 Å². The molecule has 0 aromatic heterocycles. The molecule has 2 rings (SSSR count). The molecule has 0 aromatic carbocycles. The molecule has 14 heavy (non-hydrogen) atoms. The molecule has 0 unspecified atom stereocenters. The van der Waals surface area contributed by atoms with Crippen LogP contribution in [0.3, 0.4) is 0 Å². The second-order valence-electron chi connectivity index (χ2n) is 3.39. The Morgan fingerprint density at radius 2 is 1.93 bits per heavy atom. The van der Waals surface area contributed by atoms with Gasteiger partial charge in [0.15, 0.2) is 11.7 Å². The molecule has 5 nitrogen and oxygen atoms in total. The molecule has 1 saturated heterocycles. The first-order chi connectivity index (χ1) is 6.88. The van der Waals surface area contributed by atoms with E-state index in [1.165, 1.54) is 0 Å². The topological polar surface area (TPSA) is 51.3 Å². The summed E-state index contributed by atoms with van der Waals surface area (Å²) in [4.78, 5) is 2.29. The van der Waals surface area contributed by atoms with Gasteiger partial charge in [0.05, 0.1) is 19.8 Å². The van der Waals surface area contributed by atoms with Gasteiger partial charge in [0.25, 0.3) is 0 Å². The minimum absolute atomic E-state index is 0.802. The number of morpholine rings is 1. The van der Waals surface area contributed by atoms with E-state index in [0.29, 0.717) is 0 Å². The molecule has 2 aliphatic rings. The van der Waals surface area contributed by atoms with Gasteiger partial charge >= 0.3 is 0 Å². The van der Waals surface area contributed by atoms with E-state index in [1.54, 1.807) is 0 Å². The van der Waals surface area contributed by atoms with E-state index in [1.807, 2.05) is 6.92 Å². The van der Waals surface area contributed by atoms with Crippen LogP contribution in [0.2, 0.25) is 0 Å². The Hall–Kier alpha value is -0.940. The van der Waals surface area contributed by atoms with Crippen LogP contribution in [0.25, 0.3) is 0 Å². The van der Waals surface area contributed by atoms with Crippen molar-refractivity contribution in [1.82, 2.24) is 10.2 Å². The van der Waals surface area contributed by atoms with Crippen LogP contribution in [0.4, 0.5) is 0 Å². The van der Waals surface area contributed by atoms with Crippen molar-refractivity contribution in [3.8, 4) is 0 Å². The summed E-state index contributed by atoms with van der Waals surface area (Å²) < 4.78 is 5.27. The Kier molecular flexibility index (Phi) is 3.10. The zero-order valence-electron chi connectivity index (χ0n) is 8.44. The lowest BCUT2D eigenvalue weighted by Crippen LogP contribution is -2.41. The monoisotopic (exact) mass is 195 g/mol. The van der Waals surface area contributed by atoms with Gasteiger partial charge < -0.3 is 4.74 Å². The van der Waals surface area contributed by atoms with E-state index >= 15 is 0 Å². The molecule has 0 spiro atoms. The predicted octanol–water partition coefficient (Wildman–Crippen LogP) is 0.0586. The maximum atomic E-state index is 5.27. The van der Waals surface area contributed by atoms with Crippen LogP contribution in [0, 0.1) is 0 Å². The molecule has 0 aromatic rings. The number of nitrogens with zero attached hydrogens (tertiary/aromatic N) is 4. The zero-order chi connectivity index (χ0) is 9.80. The molecule has 2 aliphatic heterocycles. The smallest absolute Gasteiger partial charge is 0.167 e. The van der Waals surface area contributed by atoms with Gasteiger partial charge in [-0.3, -0.25) is 4.90 Å². The first-order valence-electron chi connectivity index (χ1n) is 5.03. The average Bonchev–Trinajstić information content (AvgIpc) is 2.67. The van der Waals surface area contributed by atoms with Crippen molar-refractivity contribution in [3.05, 3.63) is 0 Å². The summed E-state index contributed by atoms with van der Waals surface area (Å²) in [6.45, 7) is 6.40. The maximum absolute atomic E-state index is 5.27. The first kappa shape index (κ1) is 9.61. The fourth-order valence-corrected chi connectivity index (χ4v) is 1.49. The van der Waals surface area contributed by atoms with Crippen LogP contribution in [-0.2, 0) is 4.74 Å². The zero-order valence-corrected chi connectivity index (χ0v) is 8.44. The Bertz CT molecular complexity index is 256. The van der Waals surface area contributed by atoms with Gasteiger partial charge in [-0.05, 0) is 0 Å². The van der Waals surface area contributed by atoms with Gasteiger partial charge in [0, 0.05) is 19.5 Å². The molecule has 0 saturated carbocycles. The van der Waals surface area contributed by atoms with Gasteiger partial charge in [0.2, 0.25) is 0 Å². The predicted molar refractivity (Wildman–Crippen MR) is 54.6 cm³/mol. The largest absolute Gasteiger partial charge is 0.379 e. The summed E-state index contributed by atoms with van der Waals surface area (Å²) in [5.41, 5.74) is 0. The Labute approximate surface area is 83.8 Å². The maximum Gasteiger partial charge on any atom is 0.167 e. The molecule has 0 atom stereocenters. The summed E-state index contributed by atoms with van der Waals surface area (Å²) in [6.07, 6.45) is 0.857. The Morgan fingerprint density at radius 3 is 2.57 bits per heavy atom. The van der Waals surface area contributed by atoms with Gasteiger partial charge in [0.1, 0.15) is 0 Å². The molecule has 0 N–H and O–H groups in total. The Balaban J connectivity index is 1.76. The summed E-state index contributed by atoms with van der Waals surface area (Å²) in [5, 5.41) is 12.3. The number of hydrogen-bond acceptors (Lipinski definition) is 4. The molecule has 0 aliphatic carbocycles.